The van der Waals surface area contributed by atoms with Gasteiger partial charge in [-0.2, -0.15) is 0 Å². The predicted molar refractivity (Wildman–Crippen MR) is 84.8 cm³/mol. The summed E-state index contributed by atoms with van der Waals surface area (Å²) in [4.78, 5) is 0. The van der Waals surface area contributed by atoms with E-state index in [1.807, 2.05) is 36.4 Å². The third-order valence-corrected chi connectivity index (χ3v) is 3.52. The topological polar surface area (TPSA) is 27.7 Å². The molecule has 0 saturated heterocycles. The second-order valence-corrected chi connectivity index (χ2v) is 4.76. The van der Waals surface area contributed by atoms with Gasteiger partial charge in [0.1, 0.15) is 23.0 Å². The van der Waals surface area contributed by atoms with E-state index in [1.165, 1.54) is 0 Å². The van der Waals surface area contributed by atoms with Gasteiger partial charge in [-0.3, -0.25) is 0 Å². The normalized spacial score (nSPS) is 10.3. The second kappa shape index (κ2) is 7.02. The molecular formula is C18H22O3. The van der Waals surface area contributed by atoms with Gasteiger partial charge in [-0.1, -0.05) is 13.8 Å². The van der Waals surface area contributed by atoms with E-state index < -0.39 is 0 Å². The van der Waals surface area contributed by atoms with Crippen LogP contribution < -0.4 is 14.2 Å². The van der Waals surface area contributed by atoms with Crippen LogP contribution >= 0.6 is 0 Å². The molecule has 0 N–H and O–H groups in total. The van der Waals surface area contributed by atoms with Crippen LogP contribution in [0.2, 0.25) is 0 Å². The first-order valence-corrected chi connectivity index (χ1v) is 7.23. The fourth-order valence-electron chi connectivity index (χ4n) is 2.24. The van der Waals surface area contributed by atoms with Crippen molar-refractivity contribution in [3.8, 4) is 23.0 Å². The summed E-state index contributed by atoms with van der Waals surface area (Å²) in [6.45, 7) is 4.22. The molecule has 0 saturated carbocycles. The minimum Gasteiger partial charge on any atom is -0.497 e. The molecule has 0 amide bonds. The van der Waals surface area contributed by atoms with Crippen molar-refractivity contribution >= 4 is 0 Å². The molecule has 0 aliphatic heterocycles. The summed E-state index contributed by atoms with van der Waals surface area (Å²) in [6.07, 6.45) is 1.79. The molecular weight excluding hydrogens is 264 g/mol. The molecule has 0 unspecified atom stereocenters. The second-order valence-electron chi connectivity index (χ2n) is 4.76. The molecule has 0 spiro atoms. The van der Waals surface area contributed by atoms with Gasteiger partial charge in [0.05, 0.1) is 14.2 Å². The first-order valence-electron chi connectivity index (χ1n) is 7.23. The first kappa shape index (κ1) is 15.2. The summed E-state index contributed by atoms with van der Waals surface area (Å²) < 4.78 is 16.6. The van der Waals surface area contributed by atoms with E-state index >= 15 is 0 Å². The zero-order chi connectivity index (χ0) is 15.2. The zero-order valence-corrected chi connectivity index (χ0v) is 13.1. The molecule has 0 atom stereocenters. The van der Waals surface area contributed by atoms with Crippen molar-refractivity contribution in [1.29, 1.82) is 0 Å². The SMILES string of the molecule is CCc1cc(OC)ccc1Oc1ccc(OC)cc1CC. The third kappa shape index (κ3) is 3.48. The Bertz CT molecular complexity index is 552. The Balaban J connectivity index is 2.33. The Labute approximate surface area is 126 Å². The smallest absolute Gasteiger partial charge is 0.130 e. The lowest BCUT2D eigenvalue weighted by molar-refractivity contribution is 0.409. The van der Waals surface area contributed by atoms with Crippen LogP contribution in [0.1, 0.15) is 25.0 Å². The van der Waals surface area contributed by atoms with Crippen molar-refractivity contribution in [2.75, 3.05) is 14.2 Å². The van der Waals surface area contributed by atoms with E-state index in [0.29, 0.717) is 0 Å². The Morgan fingerprint density at radius 2 is 1.14 bits per heavy atom. The quantitative estimate of drug-likeness (QED) is 0.775. The highest BCUT2D eigenvalue weighted by molar-refractivity contribution is 5.46. The van der Waals surface area contributed by atoms with E-state index in [-0.39, 0.29) is 0 Å². The molecule has 0 bridgehead atoms. The Morgan fingerprint density at radius 3 is 1.48 bits per heavy atom. The van der Waals surface area contributed by atoms with Crippen molar-refractivity contribution in [3.05, 3.63) is 47.5 Å². The fraction of sp³-hybridized carbons (Fsp3) is 0.333. The van der Waals surface area contributed by atoms with Crippen molar-refractivity contribution in [2.45, 2.75) is 26.7 Å². The molecule has 2 aromatic rings. The van der Waals surface area contributed by atoms with Gasteiger partial charge in [-0.05, 0) is 60.4 Å². The summed E-state index contributed by atoms with van der Waals surface area (Å²) >= 11 is 0. The maximum atomic E-state index is 6.11. The molecule has 112 valence electrons. The van der Waals surface area contributed by atoms with Gasteiger partial charge < -0.3 is 14.2 Å². The fourth-order valence-corrected chi connectivity index (χ4v) is 2.24. The van der Waals surface area contributed by atoms with Crippen molar-refractivity contribution < 1.29 is 14.2 Å². The molecule has 2 aromatic carbocycles. The molecule has 0 aliphatic carbocycles. The van der Waals surface area contributed by atoms with Crippen molar-refractivity contribution in [3.63, 3.8) is 0 Å². The Morgan fingerprint density at radius 1 is 0.714 bits per heavy atom. The van der Waals surface area contributed by atoms with Crippen LogP contribution in [0, 0.1) is 0 Å². The van der Waals surface area contributed by atoms with E-state index in [9.17, 15) is 0 Å². The van der Waals surface area contributed by atoms with E-state index in [0.717, 1.165) is 47.0 Å². The van der Waals surface area contributed by atoms with Crippen LogP contribution in [0.5, 0.6) is 23.0 Å². The van der Waals surface area contributed by atoms with Gasteiger partial charge in [0, 0.05) is 0 Å². The maximum Gasteiger partial charge on any atom is 0.130 e. The molecule has 0 radical (unpaired) electrons. The highest BCUT2D eigenvalue weighted by Crippen LogP contribution is 2.32. The average molecular weight is 286 g/mol. The van der Waals surface area contributed by atoms with Crippen LogP contribution in [0.15, 0.2) is 36.4 Å². The highest BCUT2D eigenvalue weighted by atomic mass is 16.5. The van der Waals surface area contributed by atoms with Crippen LogP contribution in [0.3, 0.4) is 0 Å². The van der Waals surface area contributed by atoms with E-state index in [1.54, 1.807) is 14.2 Å². The summed E-state index contributed by atoms with van der Waals surface area (Å²) in [5.74, 6) is 3.45. The number of rotatable bonds is 6. The lowest BCUT2D eigenvalue weighted by atomic mass is 10.1. The van der Waals surface area contributed by atoms with Gasteiger partial charge in [0.15, 0.2) is 0 Å². The number of methoxy groups -OCH3 is 2. The molecule has 21 heavy (non-hydrogen) atoms. The predicted octanol–water partition coefficient (Wildman–Crippen LogP) is 4.62. The number of aryl methyl sites for hydroxylation is 2. The van der Waals surface area contributed by atoms with Crippen LogP contribution in [0.25, 0.3) is 0 Å². The molecule has 3 heteroatoms. The minimum atomic E-state index is 0.852. The van der Waals surface area contributed by atoms with Crippen LogP contribution in [0.4, 0.5) is 0 Å². The molecule has 2 rings (SSSR count). The molecule has 0 aromatic heterocycles. The standard InChI is InChI=1S/C18H22O3/c1-5-13-11-15(19-3)7-9-17(13)21-18-10-8-16(20-4)12-14(18)6-2/h7-12H,5-6H2,1-4H3. The summed E-state index contributed by atoms with van der Waals surface area (Å²) in [6, 6.07) is 11.8. The average Bonchev–Trinajstić information content (AvgIpc) is 2.55. The molecule has 0 aliphatic rings. The van der Waals surface area contributed by atoms with E-state index in [2.05, 4.69) is 13.8 Å². The van der Waals surface area contributed by atoms with Crippen LogP contribution in [-0.4, -0.2) is 14.2 Å². The van der Waals surface area contributed by atoms with Gasteiger partial charge >= 0.3 is 0 Å². The summed E-state index contributed by atoms with van der Waals surface area (Å²) in [5.41, 5.74) is 2.26. The number of hydrogen-bond acceptors (Lipinski definition) is 3. The summed E-state index contributed by atoms with van der Waals surface area (Å²) in [5, 5.41) is 0. The van der Waals surface area contributed by atoms with Crippen molar-refractivity contribution in [2.24, 2.45) is 0 Å². The largest absolute Gasteiger partial charge is 0.497 e. The lowest BCUT2D eigenvalue weighted by Gasteiger charge is -2.15. The monoisotopic (exact) mass is 286 g/mol. The molecule has 0 fully saturated rings. The van der Waals surface area contributed by atoms with Gasteiger partial charge in [0.25, 0.3) is 0 Å². The molecule has 3 nitrogen and oxygen atoms in total. The Kier molecular flexibility index (Phi) is 5.09. The van der Waals surface area contributed by atoms with Crippen molar-refractivity contribution in [1.82, 2.24) is 0 Å². The van der Waals surface area contributed by atoms with Gasteiger partial charge in [-0.25, -0.2) is 0 Å². The van der Waals surface area contributed by atoms with Gasteiger partial charge in [-0.15, -0.1) is 0 Å². The first-order chi connectivity index (χ1) is 10.2. The number of ether oxygens (including phenoxy) is 3. The van der Waals surface area contributed by atoms with Crippen LogP contribution in [-0.2, 0) is 12.8 Å². The highest BCUT2D eigenvalue weighted by Gasteiger charge is 2.09. The number of benzene rings is 2. The van der Waals surface area contributed by atoms with E-state index in [4.69, 9.17) is 14.2 Å². The zero-order valence-electron chi connectivity index (χ0n) is 13.1. The third-order valence-electron chi connectivity index (χ3n) is 3.52. The maximum absolute atomic E-state index is 6.11. The lowest BCUT2D eigenvalue weighted by Crippen LogP contribution is -1.96. The number of hydrogen-bond donors (Lipinski definition) is 0. The van der Waals surface area contributed by atoms with Gasteiger partial charge in [0.2, 0.25) is 0 Å². The minimum absolute atomic E-state index is 0.852. The Hall–Kier alpha value is -2.16. The molecule has 0 heterocycles. The summed E-state index contributed by atoms with van der Waals surface area (Å²) in [7, 11) is 3.35.